The zero-order valence-electron chi connectivity index (χ0n) is 16.6. The highest BCUT2D eigenvalue weighted by Gasteiger charge is 2.36. The molecule has 11 heteroatoms. The van der Waals surface area contributed by atoms with Gasteiger partial charge in [0, 0.05) is 30.9 Å². The van der Waals surface area contributed by atoms with Gasteiger partial charge >= 0.3 is 6.18 Å². The molecular weight excluding hydrogens is 488 g/mol. The van der Waals surface area contributed by atoms with Crippen LogP contribution in [-0.2, 0) is 9.73 Å². The van der Waals surface area contributed by atoms with Crippen molar-refractivity contribution in [1.29, 1.82) is 4.78 Å². The number of nitrogens with one attached hydrogen (secondary N) is 2. The Morgan fingerprint density at radius 2 is 1.69 bits per heavy atom. The summed E-state index contributed by atoms with van der Waals surface area (Å²) in [5.41, 5.74) is -0.969. The number of rotatable bonds is 5. The van der Waals surface area contributed by atoms with Gasteiger partial charge in [0.05, 0.1) is 23.1 Å². The first-order valence-corrected chi connectivity index (χ1v) is 11.9. The van der Waals surface area contributed by atoms with E-state index in [1.165, 1.54) is 24.3 Å². The summed E-state index contributed by atoms with van der Waals surface area (Å²) in [6, 6.07) is 6.96. The Kier molecular flexibility index (Phi) is 6.74. The monoisotopic (exact) mass is 504 g/mol. The van der Waals surface area contributed by atoms with E-state index >= 15 is 0 Å². The van der Waals surface area contributed by atoms with E-state index in [0.717, 1.165) is 12.1 Å². The molecule has 0 aromatic heterocycles. The van der Waals surface area contributed by atoms with Crippen molar-refractivity contribution < 1.29 is 27.0 Å². The maximum absolute atomic E-state index is 13.6. The zero-order valence-corrected chi connectivity index (χ0v) is 18.9. The summed E-state index contributed by atoms with van der Waals surface area (Å²) in [7, 11) is -2.61. The van der Waals surface area contributed by atoms with Crippen LogP contribution in [0.5, 0.6) is 0 Å². The molecule has 32 heavy (non-hydrogen) atoms. The Hall–Kier alpha value is -2.36. The number of aryl methyl sites for hydroxylation is 1. The molecule has 2 aromatic carbocycles. The second-order valence-corrected chi connectivity index (χ2v) is 10.6. The lowest BCUT2D eigenvalue weighted by Crippen LogP contribution is -2.52. The van der Waals surface area contributed by atoms with E-state index in [1.54, 1.807) is 6.92 Å². The fourth-order valence-corrected chi connectivity index (χ4v) is 5.17. The standard InChI is InChI=1S/C21H17Cl2F3N2O3S/c1-11-4-12(2-3-17(11)20(30)28-16-9-32(27,31)10-16)19(29)8-18(21(24,25)26)13-5-14(22)7-15(23)6-13/h2-8,16,27H,9-10H2,1H3,(H,28,30)/b18-8+. The molecule has 2 aromatic rings. The molecule has 1 aliphatic heterocycles. The lowest BCUT2D eigenvalue weighted by atomic mass is 9.98. The first-order chi connectivity index (χ1) is 14.7. The molecule has 1 saturated heterocycles. The predicted octanol–water partition coefficient (Wildman–Crippen LogP) is 5.29. The van der Waals surface area contributed by atoms with Gasteiger partial charge in [-0.25, -0.2) is 4.21 Å². The molecule has 1 aliphatic rings. The van der Waals surface area contributed by atoms with E-state index in [-0.39, 0.29) is 44.3 Å². The highest BCUT2D eigenvalue weighted by atomic mass is 35.5. The third-order valence-electron chi connectivity index (χ3n) is 4.79. The molecular formula is C21H17Cl2F3N2O3S. The fraction of sp³-hybridized carbons (Fsp3) is 0.238. The molecule has 3 rings (SSSR count). The minimum atomic E-state index is -4.84. The largest absolute Gasteiger partial charge is 0.417 e. The average Bonchev–Trinajstić information content (AvgIpc) is 2.62. The van der Waals surface area contributed by atoms with Crippen LogP contribution in [0.4, 0.5) is 13.2 Å². The third kappa shape index (κ3) is 5.70. The summed E-state index contributed by atoms with van der Waals surface area (Å²) in [6.07, 6.45) is -4.37. The number of alkyl halides is 3. The van der Waals surface area contributed by atoms with Gasteiger partial charge in [-0.3, -0.25) is 14.4 Å². The molecule has 0 bridgehead atoms. The van der Waals surface area contributed by atoms with Crippen molar-refractivity contribution in [3.63, 3.8) is 0 Å². The van der Waals surface area contributed by atoms with E-state index < -0.39 is 33.2 Å². The number of amides is 1. The lowest BCUT2D eigenvalue weighted by Gasteiger charge is -2.29. The third-order valence-corrected chi connectivity index (χ3v) is 7.10. The van der Waals surface area contributed by atoms with Gasteiger partial charge in [0.25, 0.3) is 5.91 Å². The molecule has 0 spiro atoms. The van der Waals surface area contributed by atoms with Crippen LogP contribution >= 0.6 is 23.2 Å². The highest BCUT2D eigenvalue weighted by Crippen LogP contribution is 2.36. The highest BCUT2D eigenvalue weighted by molar-refractivity contribution is 7.93. The van der Waals surface area contributed by atoms with E-state index in [1.807, 2.05) is 0 Å². The molecule has 0 aliphatic carbocycles. The van der Waals surface area contributed by atoms with Crippen LogP contribution in [0.1, 0.15) is 31.8 Å². The minimum Gasteiger partial charge on any atom is -0.347 e. The number of carbonyl (C=O) groups excluding carboxylic acids is 2. The summed E-state index contributed by atoms with van der Waals surface area (Å²) in [6.45, 7) is 1.55. The van der Waals surface area contributed by atoms with E-state index in [0.29, 0.717) is 11.6 Å². The molecule has 5 nitrogen and oxygen atoms in total. The SMILES string of the molecule is Cc1cc(C(=O)/C=C(\c2cc(Cl)cc(Cl)c2)C(F)(F)F)ccc1C(=O)NC1CS(=N)(=O)C1. The number of benzene rings is 2. The fourth-order valence-electron chi connectivity index (χ4n) is 3.27. The molecule has 0 unspecified atom stereocenters. The predicted molar refractivity (Wildman–Crippen MR) is 118 cm³/mol. The first-order valence-electron chi connectivity index (χ1n) is 9.20. The van der Waals surface area contributed by atoms with Gasteiger partial charge in [0.1, 0.15) is 0 Å². The quantitative estimate of drug-likeness (QED) is 0.428. The van der Waals surface area contributed by atoms with Crippen molar-refractivity contribution in [3.8, 4) is 0 Å². The van der Waals surface area contributed by atoms with Crippen molar-refractivity contribution >= 4 is 50.2 Å². The van der Waals surface area contributed by atoms with Crippen molar-refractivity contribution in [3.05, 3.63) is 74.8 Å². The van der Waals surface area contributed by atoms with Gasteiger partial charge in [-0.05, 0) is 54.5 Å². The summed E-state index contributed by atoms with van der Waals surface area (Å²) in [5.74, 6) is -1.22. The number of ketones is 1. The lowest BCUT2D eigenvalue weighted by molar-refractivity contribution is -0.0689. The smallest absolute Gasteiger partial charge is 0.347 e. The van der Waals surface area contributed by atoms with Crippen LogP contribution in [0, 0.1) is 11.7 Å². The number of carbonyl (C=O) groups is 2. The van der Waals surface area contributed by atoms with Crippen LogP contribution < -0.4 is 5.32 Å². The Morgan fingerprint density at radius 1 is 1.09 bits per heavy atom. The molecule has 0 saturated carbocycles. The van der Waals surface area contributed by atoms with Crippen LogP contribution in [0.25, 0.3) is 5.57 Å². The van der Waals surface area contributed by atoms with Crippen LogP contribution in [0.2, 0.25) is 10.0 Å². The molecule has 1 fully saturated rings. The number of hydrogen-bond donors (Lipinski definition) is 2. The topological polar surface area (TPSA) is 87.1 Å². The van der Waals surface area contributed by atoms with Crippen molar-refractivity contribution in [2.75, 3.05) is 11.5 Å². The van der Waals surface area contributed by atoms with Crippen LogP contribution in [0.3, 0.4) is 0 Å². The Balaban J connectivity index is 1.86. The molecule has 0 atom stereocenters. The summed E-state index contributed by atoms with van der Waals surface area (Å²) in [4.78, 5) is 25.0. The Morgan fingerprint density at radius 3 is 2.19 bits per heavy atom. The van der Waals surface area contributed by atoms with Gasteiger partial charge in [0.2, 0.25) is 0 Å². The minimum absolute atomic E-state index is 0.00555. The van der Waals surface area contributed by atoms with Crippen LogP contribution in [-0.4, -0.2) is 39.6 Å². The maximum Gasteiger partial charge on any atom is 0.417 e. The maximum atomic E-state index is 13.6. The number of hydrogen-bond acceptors (Lipinski definition) is 4. The number of halogens is 5. The molecule has 1 amide bonds. The van der Waals surface area contributed by atoms with Crippen LogP contribution in [0.15, 0.2) is 42.5 Å². The van der Waals surface area contributed by atoms with Gasteiger partial charge in [-0.2, -0.15) is 13.2 Å². The summed E-state index contributed by atoms with van der Waals surface area (Å²) >= 11 is 11.6. The Labute approximate surface area is 192 Å². The van der Waals surface area contributed by atoms with Gasteiger partial charge in [-0.1, -0.05) is 29.3 Å². The van der Waals surface area contributed by atoms with E-state index in [2.05, 4.69) is 5.32 Å². The summed E-state index contributed by atoms with van der Waals surface area (Å²) in [5, 5.41) is 2.64. The van der Waals surface area contributed by atoms with Gasteiger partial charge in [0.15, 0.2) is 5.78 Å². The van der Waals surface area contributed by atoms with Crippen molar-refractivity contribution in [2.45, 2.75) is 19.1 Å². The first kappa shape index (κ1) is 24.3. The van der Waals surface area contributed by atoms with Gasteiger partial charge < -0.3 is 5.32 Å². The second kappa shape index (κ2) is 8.88. The molecule has 2 N–H and O–H groups in total. The van der Waals surface area contributed by atoms with E-state index in [9.17, 15) is 27.0 Å². The normalized spacial score (nSPS) is 21.1. The van der Waals surface area contributed by atoms with Crippen molar-refractivity contribution in [1.82, 2.24) is 5.32 Å². The zero-order chi connectivity index (χ0) is 23.8. The second-order valence-electron chi connectivity index (χ2n) is 7.42. The average molecular weight is 505 g/mol. The van der Waals surface area contributed by atoms with E-state index in [4.69, 9.17) is 28.0 Å². The van der Waals surface area contributed by atoms with Crippen molar-refractivity contribution in [2.24, 2.45) is 0 Å². The number of allylic oxidation sites excluding steroid dienone is 2. The van der Waals surface area contributed by atoms with Gasteiger partial charge in [-0.15, -0.1) is 0 Å². The molecule has 170 valence electrons. The molecule has 0 radical (unpaired) electrons. The molecule has 1 heterocycles. The summed E-state index contributed by atoms with van der Waals surface area (Å²) < 4.78 is 59.7. The Bertz CT molecular complexity index is 1210.